The van der Waals surface area contributed by atoms with Crippen molar-refractivity contribution in [2.45, 2.75) is 13.5 Å². The molecule has 2 amide bonds. The Morgan fingerprint density at radius 1 is 1.05 bits per heavy atom. The summed E-state index contributed by atoms with van der Waals surface area (Å²) in [5.41, 5.74) is 1.14. The fraction of sp³-hybridized carbons (Fsp3) is 0.320. The minimum Gasteiger partial charge on any atom is -0.462 e. The van der Waals surface area contributed by atoms with Crippen LogP contribution in [0.2, 0.25) is 0 Å². The fourth-order valence-corrected chi connectivity index (χ4v) is 4.11. The molecule has 0 radical (unpaired) electrons. The number of hydrogen-bond acceptors (Lipinski definition) is 7. The molecule has 4 rings (SSSR count). The number of aliphatic hydroxyl groups is 2. The second kappa shape index (κ2) is 11.5. The van der Waals surface area contributed by atoms with Gasteiger partial charge < -0.3 is 20.3 Å². The van der Waals surface area contributed by atoms with Gasteiger partial charge in [-0.25, -0.2) is 22.9 Å². The number of rotatable bonds is 10. The van der Waals surface area contributed by atoms with Gasteiger partial charge in [-0.2, -0.15) is 9.97 Å². The molecule has 0 bridgehead atoms. The highest BCUT2D eigenvalue weighted by atomic mass is 19.1. The maximum atomic E-state index is 14.7. The number of nitrogens with one attached hydrogen (secondary N) is 1. The number of hydrogen-bond donors (Lipinski definition) is 3. The lowest BCUT2D eigenvalue weighted by Gasteiger charge is -2.30. The van der Waals surface area contributed by atoms with Crippen molar-refractivity contribution in [3.63, 3.8) is 0 Å². The molecule has 2 aromatic carbocycles. The third kappa shape index (κ3) is 5.66. The molecule has 0 unspecified atom stereocenters. The molecule has 37 heavy (non-hydrogen) atoms. The third-order valence-electron chi connectivity index (χ3n) is 5.87. The number of carbonyl (C=O) groups excluding carboxylic acids is 1. The number of aromatic nitrogens is 2. The number of nitrogens with zero attached hydrogens (tertiary/aromatic N) is 4. The zero-order chi connectivity index (χ0) is 26.5. The molecular formula is C25H26F3N5O4. The van der Waals surface area contributed by atoms with Gasteiger partial charge in [0.15, 0.2) is 5.82 Å². The Bertz CT molecular complexity index is 1270. The molecule has 3 aromatic rings. The SMILES string of the molecule is Cc1cc(F)ccc1-c1nc(OCCN(CCO)CCO)nc2c1CNC(=O)N2c1c(F)cccc1F. The van der Waals surface area contributed by atoms with Crippen LogP contribution in [0.3, 0.4) is 0 Å². The van der Waals surface area contributed by atoms with Crippen LogP contribution in [0.15, 0.2) is 36.4 Å². The largest absolute Gasteiger partial charge is 0.462 e. The van der Waals surface area contributed by atoms with Crippen LogP contribution in [0.1, 0.15) is 11.1 Å². The van der Waals surface area contributed by atoms with Crippen molar-refractivity contribution in [2.24, 2.45) is 0 Å². The highest BCUT2D eigenvalue weighted by molar-refractivity contribution is 6.02. The van der Waals surface area contributed by atoms with Crippen LogP contribution in [0, 0.1) is 24.4 Å². The normalized spacial score (nSPS) is 13.1. The lowest BCUT2D eigenvalue weighted by atomic mass is 10.00. The van der Waals surface area contributed by atoms with Crippen molar-refractivity contribution >= 4 is 17.5 Å². The Labute approximate surface area is 211 Å². The Morgan fingerprint density at radius 2 is 1.76 bits per heavy atom. The summed E-state index contributed by atoms with van der Waals surface area (Å²) >= 11 is 0. The number of aliphatic hydroxyl groups excluding tert-OH is 2. The highest BCUT2D eigenvalue weighted by Gasteiger charge is 2.34. The Kier molecular flexibility index (Phi) is 8.21. The van der Waals surface area contributed by atoms with Gasteiger partial charge in [0.1, 0.15) is 29.7 Å². The molecule has 0 atom stereocenters. The topological polar surface area (TPSA) is 111 Å². The Morgan fingerprint density at radius 3 is 2.41 bits per heavy atom. The van der Waals surface area contributed by atoms with Crippen LogP contribution >= 0.6 is 0 Å². The summed E-state index contributed by atoms with van der Waals surface area (Å²) in [4.78, 5) is 24.2. The van der Waals surface area contributed by atoms with Gasteiger partial charge in [-0.3, -0.25) is 4.90 Å². The zero-order valence-electron chi connectivity index (χ0n) is 20.0. The predicted molar refractivity (Wildman–Crippen MR) is 129 cm³/mol. The van der Waals surface area contributed by atoms with Crippen LogP contribution < -0.4 is 15.0 Å². The molecule has 0 fully saturated rings. The summed E-state index contributed by atoms with van der Waals surface area (Å²) in [6.07, 6.45) is 0. The van der Waals surface area contributed by atoms with Gasteiger partial charge in [0.05, 0.1) is 25.5 Å². The monoisotopic (exact) mass is 517 g/mol. The van der Waals surface area contributed by atoms with Gasteiger partial charge in [-0.05, 0) is 42.8 Å². The van der Waals surface area contributed by atoms with E-state index in [4.69, 9.17) is 4.74 Å². The van der Waals surface area contributed by atoms with Crippen molar-refractivity contribution < 1.29 is 32.9 Å². The maximum Gasteiger partial charge on any atom is 0.328 e. The second-order valence-electron chi connectivity index (χ2n) is 8.32. The first-order chi connectivity index (χ1) is 17.8. The van der Waals surface area contributed by atoms with Crippen molar-refractivity contribution in [1.82, 2.24) is 20.2 Å². The summed E-state index contributed by atoms with van der Waals surface area (Å²) in [5.74, 6) is -2.45. The van der Waals surface area contributed by atoms with E-state index in [0.29, 0.717) is 42.0 Å². The number of carbonyl (C=O) groups is 1. The lowest BCUT2D eigenvalue weighted by Crippen LogP contribution is -2.43. The molecule has 3 N–H and O–H groups in total. The first-order valence-corrected chi connectivity index (χ1v) is 11.6. The molecule has 0 aliphatic carbocycles. The van der Waals surface area contributed by atoms with Gasteiger partial charge in [0.2, 0.25) is 0 Å². The molecule has 0 spiro atoms. The number of aryl methyl sites for hydroxylation is 1. The Hall–Kier alpha value is -3.74. The molecule has 1 aliphatic rings. The molecular weight excluding hydrogens is 491 g/mol. The predicted octanol–water partition coefficient (Wildman–Crippen LogP) is 2.90. The maximum absolute atomic E-state index is 14.7. The summed E-state index contributed by atoms with van der Waals surface area (Å²) in [7, 11) is 0. The van der Waals surface area contributed by atoms with E-state index in [1.807, 2.05) is 0 Å². The van der Waals surface area contributed by atoms with E-state index in [-0.39, 0.29) is 38.2 Å². The molecule has 9 nitrogen and oxygen atoms in total. The van der Waals surface area contributed by atoms with Gasteiger partial charge in [0, 0.05) is 30.8 Å². The first-order valence-electron chi connectivity index (χ1n) is 11.6. The van der Waals surface area contributed by atoms with Gasteiger partial charge >= 0.3 is 12.0 Å². The van der Waals surface area contributed by atoms with Crippen molar-refractivity contribution in [3.8, 4) is 17.3 Å². The number of halogens is 3. The summed E-state index contributed by atoms with van der Waals surface area (Å²) in [6.45, 7) is 2.44. The number of amides is 2. The molecule has 1 aromatic heterocycles. The molecule has 2 heterocycles. The molecule has 0 saturated carbocycles. The van der Waals surface area contributed by atoms with Crippen LogP contribution in [-0.2, 0) is 6.54 Å². The Balaban J connectivity index is 1.81. The summed E-state index contributed by atoms with van der Waals surface area (Å²) < 4.78 is 49.1. The van der Waals surface area contributed by atoms with Crippen molar-refractivity contribution in [1.29, 1.82) is 0 Å². The number of ether oxygens (including phenoxy) is 1. The standard InChI is InChI=1S/C25H26F3N5O4/c1-15-13-16(26)5-6-17(15)21-18-14-29-25(36)33(22-19(27)3-2-4-20(22)28)23(18)31-24(30-21)37-12-9-32(7-10-34)8-11-35/h2-6,13,34-35H,7-12,14H2,1H3,(H,29,36). The van der Waals surface area contributed by atoms with Crippen molar-refractivity contribution in [3.05, 3.63) is 65.0 Å². The third-order valence-corrected chi connectivity index (χ3v) is 5.87. The van der Waals surface area contributed by atoms with E-state index in [2.05, 4.69) is 15.3 Å². The number of benzene rings is 2. The number of urea groups is 1. The molecule has 1 aliphatic heterocycles. The van der Waals surface area contributed by atoms with Crippen LogP contribution in [0.4, 0.5) is 29.5 Å². The smallest absolute Gasteiger partial charge is 0.328 e. The van der Waals surface area contributed by atoms with E-state index in [0.717, 1.165) is 17.0 Å². The van der Waals surface area contributed by atoms with Crippen LogP contribution in [0.5, 0.6) is 6.01 Å². The van der Waals surface area contributed by atoms with E-state index in [9.17, 15) is 28.2 Å². The molecule has 196 valence electrons. The number of para-hydroxylation sites is 1. The van der Waals surface area contributed by atoms with E-state index in [1.54, 1.807) is 11.8 Å². The van der Waals surface area contributed by atoms with Gasteiger partial charge in [-0.15, -0.1) is 0 Å². The average Bonchev–Trinajstić information content (AvgIpc) is 2.85. The molecule has 0 saturated heterocycles. The van der Waals surface area contributed by atoms with E-state index in [1.165, 1.54) is 24.3 Å². The van der Waals surface area contributed by atoms with Gasteiger partial charge in [-0.1, -0.05) is 6.07 Å². The lowest BCUT2D eigenvalue weighted by molar-refractivity contribution is 0.139. The summed E-state index contributed by atoms with van der Waals surface area (Å²) in [6, 6.07) is 6.38. The fourth-order valence-electron chi connectivity index (χ4n) is 4.11. The van der Waals surface area contributed by atoms with Crippen LogP contribution in [-0.4, -0.2) is 70.6 Å². The number of fused-ring (bicyclic) bond motifs is 1. The van der Waals surface area contributed by atoms with Crippen molar-refractivity contribution in [2.75, 3.05) is 44.4 Å². The van der Waals surface area contributed by atoms with E-state index >= 15 is 0 Å². The van der Waals surface area contributed by atoms with E-state index < -0.39 is 29.2 Å². The number of anilines is 2. The quantitative estimate of drug-likeness (QED) is 0.379. The first kappa shape index (κ1) is 26.3. The molecule has 12 heteroatoms. The highest BCUT2D eigenvalue weighted by Crippen LogP contribution is 2.39. The zero-order valence-corrected chi connectivity index (χ0v) is 20.0. The second-order valence-corrected chi connectivity index (χ2v) is 8.32. The summed E-state index contributed by atoms with van der Waals surface area (Å²) in [5, 5.41) is 21.0. The van der Waals surface area contributed by atoms with Crippen LogP contribution in [0.25, 0.3) is 11.3 Å². The minimum atomic E-state index is -0.966. The average molecular weight is 518 g/mol. The van der Waals surface area contributed by atoms with Gasteiger partial charge in [0.25, 0.3) is 0 Å². The minimum absolute atomic E-state index is 0.0338.